The number of nitrogens with one attached hydrogen (secondary N) is 1. The Labute approximate surface area is 132 Å². The number of carbonyl (C=O) groups excluding carboxylic acids is 1. The lowest BCUT2D eigenvalue weighted by Crippen LogP contribution is -2.23. The van der Waals surface area contributed by atoms with E-state index >= 15 is 0 Å². The predicted octanol–water partition coefficient (Wildman–Crippen LogP) is 3.51. The third kappa shape index (κ3) is 3.40. The van der Waals surface area contributed by atoms with Crippen molar-refractivity contribution in [2.24, 2.45) is 0 Å². The highest BCUT2D eigenvalue weighted by molar-refractivity contribution is 6.36. The molecule has 6 heteroatoms. The molecule has 0 aliphatic rings. The zero-order chi connectivity index (χ0) is 15.4. The number of carbonyl (C=O) groups is 1. The fourth-order valence-corrected chi connectivity index (χ4v) is 2.34. The minimum atomic E-state index is -0.325. The van der Waals surface area contributed by atoms with Crippen LogP contribution in [0.2, 0.25) is 10.0 Å². The SMILES string of the molecule is COc1cccc(Cl)c1CNC(=O)c1cccc(N)c1Cl. The molecule has 0 radical (unpaired) electrons. The summed E-state index contributed by atoms with van der Waals surface area (Å²) in [6.07, 6.45) is 0. The van der Waals surface area contributed by atoms with Crippen LogP contribution in [0.15, 0.2) is 36.4 Å². The maximum absolute atomic E-state index is 12.2. The van der Waals surface area contributed by atoms with Gasteiger partial charge in [0.1, 0.15) is 5.75 Å². The number of nitrogens with two attached hydrogens (primary N) is 1. The van der Waals surface area contributed by atoms with Crippen molar-refractivity contribution in [2.45, 2.75) is 6.54 Å². The van der Waals surface area contributed by atoms with Crippen molar-refractivity contribution in [3.63, 3.8) is 0 Å². The Balaban J connectivity index is 2.17. The monoisotopic (exact) mass is 324 g/mol. The van der Waals surface area contributed by atoms with Crippen LogP contribution in [0.1, 0.15) is 15.9 Å². The highest BCUT2D eigenvalue weighted by atomic mass is 35.5. The topological polar surface area (TPSA) is 64.3 Å². The van der Waals surface area contributed by atoms with Gasteiger partial charge < -0.3 is 15.8 Å². The molecule has 0 atom stereocenters. The van der Waals surface area contributed by atoms with E-state index in [1.165, 1.54) is 0 Å². The fraction of sp³-hybridized carbons (Fsp3) is 0.133. The van der Waals surface area contributed by atoms with Crippen LogP contribution in [-0.2, 0) is 6.54 Å². The molecule has 1 amide bonds. The number of amides is 1. The first-order chi connectivity index (χ1) is 10.0. The van der Waals surface area contributed by atoms with Crippen LogP contribution in [0, 0.1) is 0 Å². The third-order valence-electron chi connectivity index (χ3n) is 2.99. The van der Waals surface area contributed by atoms with Crippen molar-refractivity contribution in [1.29, 1.82) is 0 Å². The molecule has 0 heterocycles. The van der Waals surface area contributed by atoms with E-state index < -0.39 is 0 Å². The molecule has 0 aliphatic carbocycles. The van der Waals surface area contributed by atoms with E-state index in [9.17, 15) is 4.79 Å². The number of nitrogen functional groups attached to an aromatic ring is 1. The van der Waals surface area contributed by atoms with E-state index in [1.54, 1.807) is 43.5 Å². The highest BCUT2D eigenvalue weighted by Crippen LogP contribution is 2.27. The number of ether oxygens (including phenoxy) is 1. The van der Waals surface area contributed by atoms with E-state index in [0.29, 0.717) is 27.6 Å². The average molecular weight is 325 g/mol. The number of hydrogen-bond acceptors (Lipinski definition) is 3. The van der Waals surface area contributed by atoms with Gasteiger partial charge in [-0.15, -0.1) is 0 Å². The lowest BCUT2D eigenvalue weighted by Gasteiger charge is -2.12. The molecular weight excluding hydrogens is 311 g/mol. The van der Waals surface area contributed by atoms with Gasteiger partial charge in [0.25, 0.3) is 5.91 Å². The summed E-state index contributed by atoms with van der Waals surface area (Å²) in [4.78, 5) is 12.2. The van der Waals surface area contributed by atoms with Gasteiger partial charge in [-0.05, 0) is 24.3 Å². The molecule has 0 fully saturated rings. The summed E-state index contributed by atoms with van der Waals surface area (Å²) in [5.74, 6) is 0.288. The van der Waals surface area contributed by atoms with Gasteiger partial charge in [0, 0.05) is 17.1 Å². The minimum Gasteiger partial charge on any atom is -0.496 e. The molecule has 3 N–H and O–H groups in total. The van der Waals surface area contributed by atoms with E-state index in [4.69, 9.17) is 33.7 Å². The molecule has 2 aromatic rings. The Morgan fingerprint density at radius 3 is 2.67 bits per heavy atom. The van der Waals surface area contributed by atoms with E-state index in [1.807, 2.05) is 0 Å². The Morgan fingerprint density at radius 1 is 1.24 bits per heavy atom. The zero-order valence-electron chi connectivity index (χ0n) is 11.3. The summed E-state index contributed by atoms with van der Waals surface area (Å²) in [5.41, 5.74) is 7.07. The Kier molecular flexibility index (Phi) is 4.94. The van der Waals surface area contributed by atoms with Gasteiger partial charge in [0.05, 0.1) is 23.4 Å². The third-order valence-corrected chi connectivity index (χ3v) is 3.77. The summed E-state index contributed by atoms with van der Waals surface area (Å²) >= 11 is 12.1. The van der Waals surface area contributed by atoms with Crippen molar-refractivity contribution >= 4 is 34.8 Å². The molecule has 0 aromatic heterocycles. The molecule has 0 spiro atoms. The molecule has 2 aromatic carbocycles. The zero-order valence-corrected chi connectivity index (χ0v) is 12.8. The Bertz CT molecular complexity index is 675. The maximum Gasteiger partial charge on any atom is 0.253 e. The number of rotatable bonds is 4. The molecule has 0 unspecified atom stereocenters. The fourth-order valence-electron chi connectivity index (χ4n) is 1.89. The van der Waals surface area contributed by atoms with Crippen molar-refractivity contribution in [3.8, 4) is 5.75 Å². The maximum atomic E-state index is 12.2. The molecule has 110 valence electrons. The number of halogens is 2. The minimum absolute atomic E-state index is 0.229. The molecule has 0 aliphatic heterocycles. The second kappa shape index (κ2) is 6.70. The van der Waals surface area contributed by atoms with Gasteiger partial charge in [0.2, 0.25) is 0 Å². The van der Waals surface area contributed by atoms with Crippen molar-refractivity contribution in [2.75, 3.05) is 12.8 Å². The lowest BCUT2D eigenvalue weighted by atomic mass is 10.1. The standard InChI is InChI=1S/C15H14Cl2N2O2/c1-21-13-7-3-5-11(16)10(13)8-19-15(20)9-4-2-6-12(18)14(9)17/h2-7H,8,18H2,1H3,(H,19,20). The van der Waals surface area contributed by atoms with Gasteiger partial charge >= 0.3 is 0 Å². The van der Waals surface area contributed by atoms with E-state index in [0.717, 1.165) is 0 Å². The molecule has 0 saturated heterocycles. The average Bonchev–Trinajstić information content (AvgIpc) is 2.48. The summed E-state index contributed by atoms with van der Waals surface area (Å²) < 4.78 is 5.23. The summed E-state index contributed by atoms with van der Waals surface area (Å²) in [7, 11) is 1.55. The summed E-state index contributed by atoms with van der Waals surface area (Å²) in [6.45, 7) is 0.229. The smallest absolute Gasteiger partial charge is 0.253 e. The van der Waals surface area contributed by atoms with Crippen LogP contribution in [0.25, 0.3) is 0 Å². The van der Waals surface area contributed by atoms with Crippen molar-refractivity contribution in [1.82, 2.24) is 5.32 Å². The van der Waals surface area contributed by atoms with Crippen LogP contribution in [0.4, 0.5) is 5.69 Å². The first-order valence-corrected chi connectivity index (χ1v) is 6.93. The normalized spacial score (nSPS) is 10.2. The van der Waals surface area contributed by atoms with Crippen molar-refractivity contribution in [3.05, 3.63) is 57.6 Å². The van der Waals surface area contributed by atoms with Crippen LogP contribution in [0.5, 0.6) is 5.75 Å². The van der Waals surface area contributed by atoms with Crippen LogP contribution in [0.3, 0.4) is 0 Å². The van der Waals surface area contributed by atoms with Crippen LogP contribution in [-0.4, -0.2) is 13.0 Å². The summed E-state index contributed by atoms with van der Waals surface area (Å²) in [5, 5.41) is 3.51. The molecule has 21 heavy (non-hydrogen) atoms. The molecule has 4 nitrogen and oxygen atoms in total. The van der Waals surface area contributed by atoms with Gasteiger partial charge in [-0.2, -0.15) is 0 Å². The van der Waals surface area contributed by atoms with Gasteiger partial charge in [-0.25, -0.2) is 0 Å². The highest BCUT2D eigenvalue weighted by Gasteiger charge is 2.14. The van der Waals surface area contributed by atoms with Gasteiger partial charge in [0.15, 0.2) is 0 Å². The molecule has 2 rings (SSSR count). The number of methoxy groups -OCH3 is 1. The first kappa shape index (κ1) is 15.5. The Morgan fingerprint density at radius 2 is 1.95 bits per heavy atom. The van der Waals surface area contributed by atoms with Crippen LogP contribution < -0.4 is 15.8 Å². The Hall–Kier alpha value is -1.91. The van der Waals surface area contributed by atoms with Crippen LogP contribution >= 0.6 is 23.2 Å². The first-order valence-electron chi connectivity index (χ1n) is 6.18. The predicted molar refractivity (Wildman–Crippen MR) is 85.0 cm³/mol. The lowest BCUT2D eigenvalue weighted by molar-refractivity contribution is 0.0951. The van der Waals surface area contributed by atoms with Crippen molar-refractivity contribution < 1.29 is 9.53 Å². The van der Waals surface area contributed by atoms with E-state index in [2.05, 4.69) is 5.32 Å². The number of anilines is 1. The van der Waals surface area contributed by atoms with E-state index in [-0.39, 0.29) is 17.5 Å². The second-order valence-electron chi connectivity index (χ2n) is 4.31. The van der Waals surface area contributed by atoms with Gasteiger partial charge in [-0.3, -0.25) is 4.79 Å². The van der Waals surface area contributed by atoms with Gasteiger partial charge in [-0.1, -0.05) is 35.3 Å². The quantitative estimate of drug-likeness (QED) is 0.846. The number of benzene rings is 2. The number of hydrogen-bond donors (Lipinski definition) is 2. The molecule has 0 bridgehead atoms. The summed E-state index contributed by atoms with van der Waals surface area (Å²) in [6, 6.07) is 10.2. The molecule has 0 saturated carbocycles. The largest absolute Gasteiger partial charge is 0.496 e. The molecular formula is C15H14Cl2N2O2. The second-order valence-corrected chi connectivity index (χ2v) is 5.10.